The van der Waals surface area contributed by atoms with Crippen LogP contribution in [-0.2, 0) is 11.2 Å². The van der Waals surface area contributed by atoms with E-state index in [0.717, 1.165) is 24.8 Å². The molecule has 0 atom stereocenters. The van der Waals surface area contributed by atoms with Gasteiger partial charge in [-0.05, 0) is 37.0 Å². The van der Waals surface area contributed by atoms with E-state index in [1.807, 2.05) is 12.1 Å². The number of carbonyl (C=O) groups excluding carboxylic acids is 1. The van der Waals surface area contributed by atoms with Gasteiger partial charge in [-0.2, -0.15) is 5.26 Å². The van der Waals surface area contributed by atoms with Crippen LogP contribution in [-0.4, -0.2) is 24.8 Å². The molecule has 4 heteroatoms. The molecule has 0 fully saturated rings. The van der Waals surface area contributed by atoms with Crippen molar-refractivity contribution in [2.24, 2.45) is 0 Å². The Balaban J connectivity index is 2.86. The molecule has 1 aromatic carbocycles. The van der Waals surface area contributed by atoms with Gasteiger partial charge in [0.05, 0.1) is 18.2 Å². The number of benzene rings is 1. The number of methoxy groups -OCH3 is 1. The second-order valence-electron chi connectivity index (χ2n) is 3.66. The molecule has 0 amide bonds. The third-order valence-corrected chi connectivity index (χ3v) is 2.48. The van der Waals surface area contributed by atoms with E-state index < -0.39 is 5.97 Å². The molecule has 17 heavy (non-hydrogen) atoms. The first-order valence-electron chi connectivity index (χ1n) is 5.45. The maximum atomic E-state index is 11.4. The van der Waals surface area contributed by atoms with Crippen molar-refractivity contribution < 1.29 is 14.6 Å². The van der Waals surface area contributed by atoms with E-state index in [-0.39, 0.29) is 6.61 Å². The summed E-state index contributed by atoms with van der Waals surface area (Å²) in [6, 6.07) is 7.11. The third-order valence-electron chi connectivity index (χ3n) is 2.48. The van der Waals surface area contributed by atoms with Crippen LogP contribution >= 0.6 is 0 Å². The average Bonchev–Trinajstić information content (AvgIpc) is 2.38. The van der Waals surface area contributed by atoms with Gasteiger partial charge in [-0.1, -0.05) is 6.07 Å². The molecule has 0 aliphatic carbocycles. The molecule has 1 N–H and O–H groups in total. The summed E-state index contributed by atoms with van der Waals surface area (Å²) in [6.45, 7) is 0.172. The summed E-state index contributed by atoms with van der Waals surface area (Å²) in [5.74, 6) is -0.497. The number of carbonyl (C=O) groups is 1. The number of ether oxygens (including phenoxy) is 1. The van der Waals surface area contributed by atoms with Crippen LogP contribution in [0, 0.1) is 11.3 Å². The zero-order valence-electron chi connectivity index (χ0n) is 9.77. The Labute approximate surface area is 100 Å². The normalized spacial score (nSPS) is 9.71. The van der Waals surface area contributed by atoms with Crippen molar-refractivity contribution >= 4 is 5.97 Å². The van der Waals surface area contributed by atoms with Crippen LogP contribution in [0.1, 0.15) is 34.3 Å². The second kappa shape index (κ2) is 6.66. The van der Waals surface area contributed by atoms with Gasteiger partial charge in [-0.3, -0.25) is 0 Å². The summed E-state index contributed by atoms with van der Waals surface area (Å²) in [6.07, 6.45) is 2.39. The largest absolute Gasteiger partial charge is 0.465 e. The summed E-state index contributed by atoms with van der Waals surface area (Å²) in [5, 5.41) is 17.6. The van der Waals surface area contributed by atoms with E-state index in [2.05, 4.69) is 4.74 Å². The molecule has 4 nitrogen and oxygen atoms in total. The Morgan fingerprint density at radius 3 is 2.82 bits per heavy atom. The van der Waals surface area contributed by atoms with E-state index in [4.69, 9.17) is 10.4 Å². The fraction of sp³-hybridized carbons (Fsp3) is 0.385. The van der Waals surface area contributed by atoms with Crippen molar-refractivity contribution in [2.45, 2.75) is 19.3 Å². The average molecular weight is 233 g/mol. The topological polar surface area (TPSA) is 70.3 Å². The van der Waals surface area contributed by atoms with Gasteiger partial charge in [-0.25, -0.2) is 4.79 Å². The monoisotopic (exact) mass is 233 g/mol. The van der Waals surface area contributed by atoms with E-state index >= 15 is 0 Å². The predicted octanol–water partition coefficient (Wildman–Crippen LogP) is 1.66. The van der Waals surface area contributed by atoms with Gasteiger partial charge in [0.15, 0.2) is 0 Å². The first-order chi connectivity index (χ1) is 8.22. The van der Waals surface area contributed by atoms with Gasteiger partial charge in [0.2, 0.25) is 0 Å². The lowest BCUT2D eigenvalue weighted by Crippen LogP contribution is -2.04. The van der Waals surface area contributed by atoms with Crippen molar-refractivity contribution in [3.8, 4) is 6.07 Å². The van der Waals surface area contributed by atoms with E-state index in [0.29, 0.717) is 11.1 Å². The van der Waals surface area contributed by atoms with Crippen molar-refractivity contribution in [2.75, 3.05) is 13.7 Å². The Morgan fingerprint density at radius 1 is 1.47 bits per heavy atom. The third kappa shape index (κ3) is 3.58. The number of unbranched alkanes of at least 4 members (excludes halogenated alkanes) is 1. The van der Waals surface area contributed by atoms with Gasteiger partial charge in [-0.15, -0.1) is 0 Å². The zero-order valence-corrected chi connectivity index (χ0v) is 9.77. The summed E-state index contributed by atoms with van der Waals surface area (Å²) in [7, 11) is 1.29. The maximum absolute atomic E-state index is 11.4. The van der Waals surface area contributed by atoms with Gasteiger partial charge in [0.1, 0.15) is 6.07 Å². The zero-order chi connectivity index (χ0) is 12.7. The van der Waals surface area contributed by atoms with Gasteiger partial charge in [0.25, 0.3) is 0 Å². The van der Waals surface area contributed by atoms with Crippen LogP contribution in [0.25, 0.3) is 0 Å². The van der Waals surface area contributed by atoms with E-state index in [9.17, 15) is 4.79 Å². The number of aliphatic hydroxyl groups is 1. The molecule has 1 rings (SSSR count). The Morgan fingerprint density at radius 2 is 2.24 bits per heavy atom. The lowest BCUT2D eigenvalue weighted by Gasteiger charge is -2.05. The second-order valence-corrected chi connectivity index (χ2v) is 3.66. The summed E-state index contributed by atoms with van der Waals surface area (Å²) < 4.78 is 4.59. The van der Waals surface area contributed by atoms with E-state index in [1.165, 1.54) is 7.11 Å². The van der Waals surface area contributed by atoms with Crippen LogP contribution < -0.4 is 0 Å². The van der Waals surface area contributed by atoms with Crippen molar-refractivity contribution in [1.29, 1.82) is 5.26 Å². The van der Waals surface area contributed by atoms with Crippen LogP contribution in [0.5, 0.6) is 0 Å². The molecule has 0 aliphatic rings. The first kappa shape index (κ1) is 13.2. The summed E-state index contributed by atoms with van der Waals surface area (Å²) >= 11 is 0. The Hall–Kier alpha value is -1.86. The van der Waals surface area contributed by atoms with Crippen LogP contribution in [0.3, 0.4) is 0 Å². The minimum absolute atomic E-state index is 0.172. The predicted molar refractivity (Wildman–Crippen MR) is 62.5 cm³/mol. The van der Waals surface area contributed by atoms with Crippen LogP contribution in [0.15, 0.2) is 18.2 Å². The molecule has 0 saturated heterocycles. The molecule has 0 radical (unpaired) electrons. The van der Waals surface area contributed by atoms with Crippen molar-refractivity contribution in [3.63, 3.8) is 0 Å². The van der Waals surface area contributed by atoms with E-state index in [1.54, 1.807) is 12.1 Å². The number of rotatable bonds is 5. The minimum atomic E-state index is -0.497. The van der Waals surface area contributed by atoms with Gasteiger partial charge in [0, 0.05) is 6.61 Å². The Kier molecular flexibility index (Phi) is 5.18. The number of nitriles is 1. The highest BCUT2D eigenvalue weighted by molar-refractivity contribution is 5.92. The fourth-order valence-corrected chi connectivity index (χ4v) is 1.57. The molecule has 90 valence electrons. The number of hydrogen-bond donors (Lipinski definition) is 1. The highest BCUT2D eigenvalue weighted by Crippen LogP contribution is 2.14. The molecule has 0 aromatic heterocycles. The maximum Gasteiger partial charge on any atom is 0.339 e. The SMILES string of the molecule is COC(=O)c1ccc(CCCCO)cc1C#N. The molecule has 0 spiro atoms. The van der Waals surface area contributed by atoms with Crippen molar-refractivity contribution in [1.82, 2.24) is 0 Å². The Bertz CT molecular complexity index is 435. The highest BCUT2D eigenvalue weighted by Gasteiger charge is 2.11. The molecule has 0 unspecified atom stereocenters. The summed E-state index contributed by atoms with van der Waals surface area (Å²) in [5.41, 5.74) is 1.61. The quantitative estimate of drug-likeness (QED) is 0.620. The first-order valence-corrected chi connectivity index (χ1v) is 5.45. The summed E-state index contributed by atoms with van der Waals surface area (Å²) in [4.78, 5) is 11.4. The van der Waals surface area contributed by atoms with Gasteiger partial charge >= 0.3 is 5.97 Å². The smallest absolute Gasteiger partial charge is 0.339 e. The number of nitrogens with zero attached hydrogens (tertiary/aromatic N) is 1. The van der Waals surface area contributed by atoms with Crippen LogP contribution in [0.2, 0.25) is 0 Å². The molecule has 0 bridgehead atoms. The number of aryl methyl sites for hydroxylation is 1. The molecular formula is C13H15NO3. The van der Waals surface area contributed by atoms with Gasteiger partial charge < -0.3 is 9.84 Å². The lowest BCUT2D eigenvalue weighted by atomic mass is 10.0. The molecular weight excluding hydrogens is 218 g/mol. The molecule has 0 heterocycles. The molecule has 0 aliphatic heterocycles. The van der Waals surface area contributed by atoms with Crippen LogP contribution in [0.4, 0.5) is 0 Å². The molecule has 1 aromatic rings. The van der Waals surface area contributed by atoms with Crippen molar-refractivity contribution in [3.05, 3.63) is 34.9 Å². The number of aliphatic hydroxyl groups excluding tert-OH is 1. The standard InChI is InChI=1S/C13H15NO3/c1-17-13(16)12-6-5-10(4-2-3-7-15)8-11(12)9-14/h5-6,8,15H,2-4,7H2,1H3. The minimum Gasteiger partial charge on any atom is -0.465 e. The lowest BCUT2D eigenvalue weighted by molar-refractivity contribution is 0.0600. The number of hydrogen-bond acceptors (Lipinski definition) is 4. The fourth-order valence-electron chi connectivity index (χ4n) is 1.57. The molecule has 0 saturated carbocycles. The highest BCUT2D eigenvalue weighted by atomic mass is 16.5. The number of esters is 1.